The summed E-state index contributed by atoms with van der Waals surface area (Å²) in [4.78, 5) is 22.6. The molecule has 1 aliphatic rings. The molecule has 2 atom stereocenters. The molecule has 2 N–H and O–H groups in total. The van der Waals surface area contributed by atoms with E-state index < -0.39 is 11.9 Å². The number of carbonyl (C=O) groups is 2. The van der Waals surface area contributed by atoms with Gasteiger partial charge in [0.2, 0.25) is 5.91 Å². The van der Waals surface area contributed by atoms with Gasteiger partial charge in [-0.05, 0) is 36.6 Å². The molecule has 0 aromatic heterocycles. The van der Waals surface area contributed by atoms with Gasteiger partial charge in [-0.3, -0.25) is 9.59 Å². The lowest BCUT2D eigenvalue weighted by molar-refractivity contribution is -0.139. The molecule has 1 fully saturated rings. The van der Waals surface area contributed by atoms with E-state index in [1.165, 1.54) is 0 Å². The number of carboxylic acid groups (broad SMARTS) is 1. The molecule has 0 saturated heterocycles. The van der Waals surface area contributed by atoms with Crippen LogP contribution in [0.15, 0.2) is 22.7 Å². The van der Waals surface area contributed by atoms with Crippen molar-refractivity contribution < 1.29 is 14.7 Å². The molecule has 1 amide bonds. The number of carbonyl (C=O) groups excluding carboxylic acids is 1. The third kappa shape index (κ3) is 2.72. The van der Waals surface area contributed by atoms with Crippen LogP contribution in [0.3, 0.4) is 0 Å². The number of aryl methyl sites for hydroxylation is 1. The maximum atomic E-state index is 11.9. The number of anilines is 1. The summed E-state index contributed by atoms with van der Waals surface area (Å²) < 4.78 is 0.965. The minimum absolute atomic E-state index is 0.195. The molecule has 0 aliphatic heterocycles. The van der Waals surface area contributed by atoms with Crippen LogP contribution in [0, 0.1) is 11.8 Å². The molecule has 0 radical (unpaired) electrons. The Morgan fingerprint density at radius 2 is 2.17 bits per heavy atom. The summed E-state index contributed by atoms with van der Waals surface area (Å²) in [5.74, 6) is -1.97. The molecule has 2 rings (SSSR count). The first-order valence-electron chi connectivity index (χ1n) is 5.85. The highest BCUT2D eigenvalue weighted by molar-refractivity contribution is 9.10. The first-order chi connectivity index (χ1) is 8.52. The fourth-order valence-electron chi connectivity index (χ4n) is 1.96. The van der Waals surface area contributed by atoms with Crippen LogP contribution in [0.2, 0.25) is 0 Å². The van der Waals surface area contributed by atoms with Gasteiger partial charge in [-0.25, -0.2) is 0 Å². The van der Waals surface area contributed by atoms with Gasteiger partial charge >= 0.3 is 5.97 Å². The van der Waals surface area contributed by atoms with Gasteiger partial charge in [-0.1, -0.05) is 22.9 Å². The largest absolute Gasteiger partial charge is 0.481 e. The van der Waals surface area contributed by atoms with Crippen molar-refractivity contribution in [3.8, 4) is 0 Å². The van der Waals surface area contributed by atoms with Gasteiger partial charge in [-0.2, -0.15) is 0 Å². The van der Waals surface area contributed by atoms with E-state index in [4.69, 9.17) is 5.11 Å². The Labute approximate surface area is 114 Å². The van der Waals surface area contributed by atoms with Crippen LogP contribution in [0.5, 0.6) is 0 Å². The Morgan fingerprint density at radius 3 is 2.72 bits per heavy atom. The molecular formula is C13H14BrNO3. The Hall–Kier alpha value is -1.36. The van der Waals surface area contributed by atoms with Gasteiger partial charge in [-0.15, -0.1) is 0 Å². The smallest absolute Gasteiger partial charge is 0.307 e. The Kier molecular flexibility index (Phi) is 3.71. The minimum Gasteiger partial charge on any atom is -0.481 e. The highest BCUT2D eigenvalue weighted by Gasteiger charge is 2.48. The first kappa shape index (κ1) is 13.1. The van der Waals surface area contributed by atoms with Gasteiger partial charge in [0.1, 0.15) is 0 Å². The fraction of sp³-hybridized carbons (Fsp3) is 0.385. The standard InChI is InChI=1S/C13H14BrNO3/c1-2-7-5-8(14)3-4-11(7)15-12(16)9-6-10(9)13(17)18/h3-5,9-10H,2,6H2,1H3,(H,15,16)(H,17,18). The van der Waals surface area contributed by atoms with Crippen LogP contribution in [0.1, 0.15) is 18.9 Å². The quantitative estimate of drug-likeness (QED) is 0.898. The topological polar surface area (TPSA) is 66.4 Å². The van der Waals surface area contributed by atoms with E-state index in [-0.39, 0.29) is 11.8 Å². The lowest BCUT2D eigenvalue weighted by Crippen LogP contribution is -2.17. The molecular weight excluding hydrogens is 298 g/mol. The number of aliphatic carboxylic acids is 1. The monoisotopic (exact) mass is 311 g/mol. The van der Waals surface area contributed by atoms with Gasteiger partial charge in [0, 0.05) is 10.2 Å². The summed E-state index contributed by atoms with van der Waals surface area (Å²) in [6.45, 7) is 2.01. The zero-order chi connectivity index (χ0) is 13.3. The van der Waals surface area contributed by atoms with Crippen LogP contribution in [-0.4, -0.2) is 17.0 Å². The molecule has 0 heterocycles. The SMILES string of the molecule is CCc1cc(Br)ccc1NC(=O)C1CC1C(=O)O. The summed E-state index contributed by atoms with van der Waals surface area (Å²) in [6, 6.07) is 5.65. The van der Waals surface area contributed by atoms with Crippen molar-refractivity contribution in [2.45, 2.75) is 19.8 Å². The second-order valence-corrected chi connectivity index (χ2v) is 5.35. The number of hydrogen-bond donors (Lipinski definition) is 2. The maximum absolute atomic E-state index is 11.9. The number of rotatable bonds is 4. The highest BCUT2D eigenvalue weighted by atomic mass is 79.9. The van der Waals surface area contributed by atoms with Crippen LogP contribution < -0.4 is 5.32 Å². The second-order valence-electron chi connectivity index (χ2n) is 4.43. The first-order valence-corrected chi connectivity index (χ1v) is 6.64. The molecule has 18 heavy (non-hydrogen) atoms. The zero-order valence-corrected chi connectivity index (χ0v) is 11.5. The molecule has 96 valence electrons. The van der Waals surface area contributed by atoms with Gasteiger partial charge in [0.05, 0.1) is 11.8 Å². The molecule has 4 nitrogen and oxygen atoms in total. The van der Waals surface area contributed by atoms with Crippen LogP contribution in [-0.2, 0) is 16.0 Å². The summed E-state index contributed by atoms with van der Waals surface area (Å²) in [6.07, 6.45) is 1.25. The number of benzene rings is 1. The van der Waals surface area contributed by atoms with Gasteiger partial charge < -0.3 is 10.4 Å². The number of hydrogen-bond acceptors (Lipinski definition) is 2. The van der Waals surface area contributed by atoms with Gasteiger partial charge in [0.25, 0.3) is 0 Å². The normalized spacial score (nSPS) is 21.4. The van der Waals surface area contributed by atoms with E-state index in [1.807, 2.05) is 25.1 Å². The lowest BCUT2D eigenvalue weighted by Gasteiger charge is -2.10. The molecule has 1 aliphatic carbocycles. The highest BCUT2D eigenvalue weighted by Crippen LogP contribution is 2.39. The van der Waals surface area contributed by atoms with Crippen LogP contribution in [0.4, 0.5) is 5.69 Å². The number of halogens is 1. The van der Waals surface area contributed by atoms with E-state index in [9.17, 15) is 9.59 Å². The Balaban J connectivity index is 2.06. The second kappa shape index (κ2) is 5.10. The van der Waals surface area contributed by atoms with Crippen molar-refractivity contribution in [1.82, 2.24) is 0 Å². The van der Waals surface area contributed by atoms with E-state index in [0.717, 1.165) is 22.1 Å². The number of amides is 1. The number of nitrogens with one attached hydrogen (secondary N) is 1. The van der Waals surface area contributed by atoms with Crippen molar-refractivity contribution in [1.29, 1.82) is 0 Å². The van der Waals surface area contributed by atoms with Crippen molar-refractivity contribution >= 4 is 33.5 Å². The third-order valence-electron chi connectivity index (χ3n) is 3.15. The third-order valence-corrected chi connectivity index (χ3v) is 3.64. The fourth-order valence-corrected chi connectivity index (χ4v) is 2.37. The molecule has 0 bridgehead atoms. The molecule has 5 heteroatoms. The van der Waals surface area contributed by atoms with Crippen LogP contribution >= 0.6 is 15.9 Å². The minimum atomic E-state index is -0.887. The average molecular weight is 312 g/mol. The lowest BCUT2D eigenvalue weighted by atomic mass is 10.1. The van der Waals surface area contributed by atoms with Gasteiger partial charge in [0.15, 0.2) is 0 Å². The van der Waals surface area contributed by atoms with Crippen molar-refractivity contribution in [3.05, 3.63) is 28.2 Å². The zero-order valence-electron chi connectivity index (χ0n) is 9.94. The van der Waals surface area contributed by atoms with E-state index in [1.54, 1.807) is 0 Å². The van der Waals surface area contributed by atoms with Crippen LogP contribution in [0.25, 0.3) is 0 Å². The summed E-state index contributed by atoms with van der Waals surface area (Å²) in [5.41, 5.74) is 1.80. The predicted octanol–water partition coefficient (Wildman–Crippen LogP) is 2.67. The molecule has 1 aromatic carbocycles. The molecule has 1 aromatic rings. The Bertz CT molecular complexity index is 501. The van der Waals surface area contributed by atoms with Crippen molar-refractivity contribution in [2.24, 2.45) is 11.8 Å². The predicted molar refractivity (Wildman–Crippen MR) is 71.4 cm³/mol. The summed E-state index contributed by atoms with van der Waals surface area (Å²) in [7, 11) is 0. The Morgan fingerprint density at radius 1 is 1.44 bits per heavy atom. The van der Waals surface area contributed by atoms with E-state index >= 15 is 0 Å². The van der Waals surface area contributed by atoms with E-state index in [0.29, 0.717) is 6.42 Å². The number of carboxylic acids is 1. The van der Waals surface area contributed by atoms with Crippen molar-refractivity contribution in [3.63, 3.8) is 0 Å². The maximum Gasteiger partial charge on any atom is 0.307 e. The average Bonchev–Trinajstić information content (AvgIpc) is 3.11. The summed E-state index contributed by atoms with van der Waals surface area (Å²) >= 11 is 3.38. The van der Waals surface area contributed by atoms with Crippen molar-refractivity contribution in [2.75, 3.05) is 5.32 Å². The molecule has 1 saturated carbocycles. The molecule has 2 unspecified atom stereocenters. The summed E-state index contributed by atoms with van der Waals surface area (Å²) in [5, 5.41) is 11.6. The van der Waals surface area contributed by atoms with E-state index in [2.05, 4.69) is 21.2 Å². The molecule has 0 spiro atoms.